The van der Waals surface area contributed by atoms with Crippen LogP contribution >= 0.6 is 0 Å². The Morgan fingerprint density at radius 1 is 1.86 bits per heavy atom. The average Bonchev–Trinajstić information content (AvgIpc) is 1.91. The zero-order valence-electron chi connectivity index (χ0n) is 4.68. The Hall–Kier alpha value is -0.660. The van der Waals surface area contributed by atoms with Gasteiger partial charge in [-0.25, -0.2) is 9.57 Å². The largest absolute Gasteiger partial charge is 0.235 e. The summed E-state index contributed by atoms with van der Waals surface area (Å²) in [6.45, 7) is 2.89. The molecule has 2 heteroatoms. The number of rotatable bonds is 0. The van der Waals surface area contributed by atoms with E-state index in [1.807, 2.05) is 13.3 Å². The highest BCUT2D eigenvalue weighted by Crippen LogP contribution is 1.82. The second-order valence-electron chi connectivity index (χ2n) is 1.79. The minimum absolute atomic E-state index is 0.839. The smallest absolute Gasteiger partial charge is 0.222 e. The molecular formula is C5H9N2+. The summed E-state index contributed by atoms with van der Waals surface area (Å²) in [4.78, 5) is 4.01. The third-order valence-corrected chi connectivity index (χ3v) is 1.17. The molecule has 2 nitrogen and oxygen atoms in total. The van der Waals surface area contributed by atoms with Crippen molar-refractivity contribution in [1.82, 2.24) is 0 Å². The van der Waals surface area contributed by atoms with Crippen LogP contribution in [0, 0.1) is 0 Å². The second kappa shape index (κ2) is 1.45. The van der Waals surface area contributed by atoms with Crippen molar-refractivity contribution in [3.8, 4) is 0 Å². The van der Waals surface area contributed by atoms with Crippen LogP contribution in [0.4, 0.5) is 0 Å². The zero-order chi connectivity index (χ0) is 5.28. The lowest BCUT2D eigenvalue weighted by Gasteiger charge is -1.81. The molecule has 0 bridgehead atoms. The molecule has 0 aliphatic carbocycles. The van der Waals surface area contributed by atoms with Crippen LogP contribution in [0.15, 0.2) is 4.99 Å². The van der Waals surface area contributed by atoms with Gasteiger partial charge in [0, 0.05) is 6.92 Å². The Morgan fingerprint density at radius 2 is 2.57 bits per heavy atom. The van der Waals surface area contributed by atoms with Crippen molar-refractivity contribution in [2.45, 2.75) is 6.92 Å². The first-order valence-electron chi connectivity index (χ1n) is 2.35. The van der Waals surface area contributed by atoms with Gasteiger partial charge in [-0.3, -0.25) is 0 Å². The maximum Gasteiger partial charge on any atom is 0.235 e. The molecule has 0 saturated heterocycles. The molecule has 0 unspecified atom stereocenters. The number of nitrogens with zero attached hydrogens (tertiary/aromatic N) is 2. The van der Waals surface area contributed by atoms with Gasteiger partial charge in [-0.1, -0.05) is 0 Å². The van der Waals surface area contributed by atoms with Gasteiger partial charge in [0.1, 0.15) is 7.05 Å². The van der Waals surface area contributed by atoms with Gasteiger partial charge in [0.2, 0.25) is 6.67 Å². The molecule has 0 aromatic rings. The SMILES string of the molecule is CC1=[N+](C)CN=C1. The molecule has 0 aromatic carbocycles. The zero-order valence-corrected chi connectivity index (χ0v) is 4.68. The molecule has 1 aliphatic rings. The molecule has 0 N–H and O–H groups in total. The Kier molecular flexibility index (Phi) is 0.929. The van der Waals surface area contributed by atoms with Crippen LogP contribution in [0.25, 0.3) is 0 Å². The van der Waals surface area contributed by atoms with Gasteiger partial charge in [0.05, 0.1) is 6.21 Å². The first-order valence-corrected chi connectivity index (χ1v) is 2.35. The Labute approximate surface area is 43.2 Å². The van der Waals surface area contributed by atoms with Crippen molar-refractivity contribution < 1.29 is 4.58 Å². The second-order valence-corrected chi connectivity index (χ2v) is 1.79. The quantitative estimate of drug-likeness (QED) is 0.382. The van der Waals surface area contributed by atoms with E-state index in [0.717, 1.165) is 6.67 Å². The Bertz CT molecular complexity index is 133. The fourth-order valence-electron chi connectivity index (χ4n) is 0.506. The molecule has 1 heterocycles. The molecule has 38 valence electrons. The summed E-state index contributed by atoms with van der Waals surface area (Å²) in [6.07, 6.45) is 1.89. The molecule has 0 fully saturated rings. The lowest BCUT2D eigenvalue weighted by molar-refractivity contribution is -0.490. The Balaban J connectivity index is 2.79. The summed E-state index contributed by atoms with van der Waals surface area (Å²) in [5.74, 6) is 0. The third-order valence-electron chi connectivity index (χ3n) is 1.17. The minimum atomic E-state index is 0.839. The van der Waals surface area contributed by atoms with E-state index in [-0.39, 0.29) is 0 Å². The van der Waals surface area contributed by atoms with Crippen LogP contribution in [-0.2, 0) is 0 Å². The average molecular weight is 97.1 g/mol. The summed E-state index contributed by atoms with van der Waals surface area (Å²) >= 11 is 0. The summed E-state index contributed by atoms with van der Waals surface area (Å²) in [5.41, 5.74) is 1.25. The fourth-order valence-corrected chi connectivity index (χ4v) is 0.506. The van der Waals surface area contributed by atoms with Gasteiger partial charge in [-0.2, -0.15) is 0 Å². The standard InChI is InChI=1S/C5H9N2/c1-5-3-6-4-7(5)2/h3H,4H2,1-2H3/q+1. The van der Waals surface area contributed by atoms with Crippen molar-refractivity contribution in [1.29, 1.82) is 0 Å². The van der Waals surface area contributed by atoms with Crippen molar-refractivity contribution in [3.63, 3.8) is 0 Å². The van der Waals surface area contributed by atoms with Gasteiger partial charge in [0.15, 0.2) is 5.71 Å². The summed E-state index contributed by atoms with van der Waals surface area (Å²) in [6, 6.07) is 0. The van der Waals surface area contributed by atoms with E-state index in [1.165, 1.54) is 5.71 Å². The van der Waals surface area contributed by atoms with Crippen LogP contribution in [0.3, 0.4) is 0 Å². The molecule has 0 spiro atoms. The van der Waals surface area contributed by atoms with Crippen LogP contribution in [-0.4, -0.2) is 30.2 Å². The highest BCUT2D eigenvalue weighted by Gasteiger charge is 2.04. The molecule has 0 saturated carbocycles. The molecule has 0 amide bonds. The van der Waals surface area contributed by atoms with Crippen LogP contribution in [0.1, 0.15) is 6.92 Å². The van der Waals surface area contributed by atoms with Crippen molar-refractivity contribution in [2.24, 2.45) is 4.99 Å². The van der Waals surface area contributed by atoms with Gasteiger partial charge < -0.3 is 0 Å². The van der Waals surface area contributed by atoms with E-state index >= 15 is 0 Å². The lowest BCUT2D eigenvalue weighted by Crippen LogP contribution is -2.07. The molecular weight excluding hydrogens is 88.1 g/mol. The summed E-state index contributed by atoms with van der Waals surface area (Å²) in [5, 5.41) is 0. The molecule has 1 rings (SSSR count). The van der Waals surface area contributed by atoms with Crippen LogP contribution in [0.2, 0.25) is 0 Å². The van der Waals surface area contributed by atoms with E-state index < -0.39 is 0 Å². The summed E-state index contributed by atoms with van der Waals surface area (Å²) in [7, 11) is 2.03. The highest BCUT2D eigenvalue weighted by molar-refractivity contribution is 6.27. The fraction of sp³-hybridized carbons (Fsp3) is 0.600. The monoisotopic (exact) mass is 97.1 g/mol. The summed E-state index contributed by atoms with van der Waals surface area (Å²) < 4.78 is 2.10. The number of hydrogen-bond donors (Lipinski definition) is 0. The third kappa shape index (κ3) is 0.683. The molecule has 0 radical (unpaired) electrons. The molecule has 1 aliphatic heterocycles. The lowest BCUT2D eigenvalue weighted by atomic mass is 10.5. The van der Waals surface area contributed by atoms with Gasteiger partial charge in [0.25, 0.3) is 0 Å². The normalized spacial score (nSPS) is 19.1. The van der Waals surface area contributed by atoms with Gasteiger partial charge >= 0.3 is 0 Å². The van der Waals surface area contributed by atoms with Crippen molar-refractivity contribution >= 4 is 11.9 Å². The van der Waals surface area contributed by atoms with E-state index in [4.69, 9.17) is 0 Å². The first kappa shape index (κ1) is 4.50. The van der Waals surface area contributed by atoms with Crippen molar-refractivity contribution in [2.75, 3.05) is 13.7 Å². The highest BCUT2D eigenvalue weighted by atomic mass is 15.1. The number of aliphatic imine (C=N–C) groups is 1. The Morgan fingerprint density at radius 3 is 2.71 bits per heavy atom. The van der Waals surface area contributed by atoms with Crippen LogP contribution < -0.4 is 0 Å². The molecule has 0 atom stereocenters. The predicted octanol–water partition coefficient (Wildman–Crippen LogP) is 0.131. The van der Waals surface area contributed by atoms with E-state index in [9.17, 15) is 0 Å². The van der Waals surface area contributed by atoms with Crippen molar-refractivity contribution in [3.05, 3.63) is 0 Å². The van der Waals surface area contributed by atoms with E-state index in [2.05, 4.69) is 16.5 Å². The number of hydrogen-bond acceptors (Lipinski definition) is 1. The maximum atomic E-state index is 4.01. The maximum absolute atomic E-state index is 4.01. The predicted molar refractivity (Wildman–Crippen MR) is 30.2 cm³/mol. The first-order chi connectivity index (χ1) is 3.30. The van der Waals surface area contributed by atoms with Crippen LogP contribution in [0.5, 0.6) is 0 Å². The van der Waals surface area contributed by atoms with E-state index in [0.29, 0.717) is 0 Å². The van der Waals surface area contributed by atoms with Gasteiger partial charge in [-0.15, -0.1) is 0 Å². The van der Waals surface area contributed by atoms with E-state index in [1.54, 1.807) is 0 Å². The topological polar surface area (TPSA) is 15.4 Å². The molecule has 7 heavy (non-hydrogen) atoms. The minimum Gasteiger partial charge on any atom is -0.222 e. The molecule has 0 aromatic heterocycles. The van der Waals surface area contributed by atoms with Gasteiger partial charge in [-0.05, 0) is 0 Å².